The largest absolute Gasteiger partial charge is 0.466 e. The van der Waals surface area contributed by atoms with Crippen molar-refractivity contribution in [1.29, 1.82) is 0 Å². The van der Waals surface area contributed by atoms with Crippen LogP contribution in [0.1, 0.15) is 26.2 Å². The Morgan fingerprint density at radius 1 is 1.29 bits per heavy atom. The van der Waals surface area contributed by atoms with Gasteiger partial charge in [-0.25, -0.2) is 0 Å². The van der Waals surface area contributed by atoms with Crippen molar-refractivity contribution in [3.05, 3.63) is 0 Å². The predicted octanol–water partition coefficient (Wildman–Crippen LogP) is 0.372. The number of ether oxygens (including phenoxy) is 2. The van der Waals surface area contributed by atoms with E-state index in [1.54, 1.807) is 6.92 Å². The second-order valence-corrected chi connectivity index (χ2v) is 4.67. The number of hydrogen-bond acceptors (Lipinski definition) is 5. The maximum Gasteiger partial charge on any atom is 0.313 e. The monoisotopic (exact) mass is 241 g/mol. The number of rotatable bonds is 5. The van der Waals surface area contributed by atoms with Crippen molar-refractivity contribution in [2.75, 3.05) is 26.2 Å². The molecule has 96 valence electrons. The first-order valence-corrected chi connectivity index (χ1v) is 6.22. The number of carbonyl (C=O) groups is 2. The van der Waals surface area contributed by atoms with Crippen molar-refractivity contribution in [2.24, 2.45) is 0 Å². The van der Waals surface area contributed by atoms with Gasteiger partial charge in [0.25, 0.3) is 0 Å². The Hall–Kier alpha value is -0.940. The summed E-state index contributed by atoms with van der Waals surface area (Å²) in [6.07, 6.45) is 2.63. The van der Waals surface area contributed by atoms with E-state index in [-0.39, 0.29) is 24.4 Å². The highest BCUT2D eigenvalue weighted by Crippen LogP contribution is 2.25. The summed E-state index contributed by atoms with van der Waals surface area (Å²) < 4.78 is 10.4. The number of hydrogen-bond donors (Lipinski definition) is 0. The zero-order chi connectivity index (χ0) is 12.3. The van der Waals surface area contributed by atoms with Crippen molar-refractivity contribution in [3.63, 3.8) is 0 Å². The Kier molecular flexibility index (Phi) is 4.12. The van der Waals surface area contributed by atoms with E-state index in [0.717, 1.165) is 25.9 Å². The van der Waals surface area contributed by atoms with E-state index in [0.29, 0.717) is 13.2 Å². The van der Waals surface area contributed by atoms with Crippen LogP contribution in [0.5, 0.6) is 0 Å². The molecular formula is C12H19NO4. The topological polar surface area (TPSA) is 55.8 Å². The summed E-state index contributed by atoms with van der Waals surface area (Å²) in [5.41, 5.74) is 0. The average molecular weight is 241 g/mol. The van der Waals surface area contributed by atoms with E-state index in [9.17, 15) is 9.59 Å². The van der Waals surface area contributed by atoms with Gasteiger partial charge in [0.05, 0.1) is 25.4 Å². The van der Waals surface area contributed by atoms with Gasteiger partial charge in [-0.2, -0.15) is 0 Å². The van der Waals surface area contributed by atoms with Crippen LogP contribution in [0.15, 0.2) is 0 Å². The molecule has 2 saturated heterocycles. The lowest BCUT2D eigenvalue weighted by molar-refractivity contribution is -0.146. The second kappa shape index (κ2) is 5.60. The van der Waals surface area contributed by atoms with E-state index >= 15 is 0 Å². The van der Waals surface area contributed by atoms with Crippen molar-refractivity contribution in [1.82, 2.24) is 4.90 Å². The van der Waals surface area contributed by atoms with Gasteiger partial charge < -0.3 is 9.47 Å². The highest BCUT2D eigenvalue weighted by molar-refractivity contribution is 5.96. The molecule has 0 saturated carbocycles. The SMILES string of the molecule is CCOC(=O)CC(=O)CN1CC2CCC(C1)O2. The third kappa shape index (κ3) is 3.51. The van der Waals surface area contributed by atoms with Gasteiger partial charge in [-0.3, -0.25) is 14.5 Å². The van der Waals surface area contributed by atoms with Crippen molar-refractivity contribution < 1.29 is 19.1 Å². The molecule has 0 spiro atoms. The van der Waals surface area contributed by atoms with Gasteiger partial charge in [0, 0.05) is 13.1 Å². The molecule has 0 aliphatic carbocycles. The van der Waals surface area contributed by atoms with Gasteiger partial charge in [-0.1, -0.05) is 0 Å². The number of nitrogens with zero attached hydrogens (tertiary/aromatic N) is 1. The fourth-order valence-electron chi connectivity index (χ4n) is 2.51. The molecule has 5 heteroatoms. The molecule has 2 aliphatic rings. The Morgan fingerprint density at radius 3 is 2.53 bits per heavy atom. The van der Waals surface area contributed by atoms with Crippen molar-refractivity contribution in [3.8, 4) is 0 Å². The fourth-order valence-corrected chi connectivity index (χ4v) is 2.51. The summed E-state index contributed by atoms with van der Waals surface area (Å²) in [5, 5.41) is 0. The second-order valence-electron chi connectivity index (χ2n) is 4.67. The molecule has 0 amide bonds. The Balaban J connectivity index is 1.73. The molecule has 2 rings (SSSR count). The first kappa shape index (κ1) is 12.5. The molecule has 2 atom stereocenters. The van der Waals surface area contributed by atoms with Crippen molar-refractivity contribution >= 4 is 11.8 Å². The number of likely N-dealkylation sites (tertiary alicyclic amines) is 1. The summed E-state index contributed by atoms with van der Waals surface area (Å²) in [6.45, 7) is 4.03. The number of ketones is 1. The van der Waals surface area contributed by atoms with E-state index in [4.69, 9.17) is 9.47 Å². The highest BCUT2D eigenvalue weighted by Gasteiger charge is 2.34. The van der Waals surface area contributed by atoms with Crippen LogP contribution in [0.25, 0.3) is 0 Å². The summed E-state index contributed by atoms with van der Waals surface area (Å²) in [6, 6.07) is 0. The van der Waals surface area contributed by atoms with E-state index < -0.39 is 5.97 Å². The van der Waals surface area contributed by atoms with Crippen LogP contribution >= 0.6 is 0 Å². The standard InChI is InChI=1S/C12H19NO4/c1-2-16-12(15)5-9(14)6-13-7-10-3-4-11(8-13)17-10/h10-11H,2-8H2,1H3. The summed E-state index contributed by atoms with van der Waals surface area (Å²) in [5.74, 6) is -0.488. The van der Waals surface area contributed by atoms with Gasteiger partial charge in [0.1, 0.15) is 6.42 Å². The predicted molar refractivity (Wildman–Crippen MR) is 60.6 cm³/mol. The van der Waals surface area contributed by atoms with E-state index in [2.05, 4.69) is 4.90 Å². The lowest BCUT2D eigenvalue weighted by Gasteiger charge is -2.31. The minimum atomic E-state index is -0.422. The lowest BCUT2D eigenvalue weighted by atomic mass is 10.2. The van der Waals surface area contributed by atoms with Crippen molar-refractivity contribution in [2.45, 2.75) is 38.4 Å². The van der Waals surface area contributed by atoms with Crippen LogP contribution in [-0.2, 0) is 19.1 Å². The third-order valence-electron chi connectivity index (χ3n) is 3.17. The average Bonchev–Trinajstić information content (AvgIpc) is 2.58. The molecule has 2 bridgehead atoms. The van der Waals surface area contributed by atoms with Gasteiger partial charge in [0.2, 0.25) is 0 Å². The molecular weight excluding hydrogens is 222 g/mol. The minimum absolute atomic E-state index is 0.0650. The molecule has 0 aromatic heterocycles. The smallest absolute Gasteiger partial charge is 0.313 e. The summed E-state index contributed by atoms with van der Waals surface area (Å²) in [7, 11) is 0. The number of Topliss-reactive ketones (excluding diaryl/α,β-unsaturated/α-hetero) is 1. The molecule has 17 heavy (non-hydrogen) atoms. The van der Waals surface area contributed by atoms with Crippen LogP contribution in [0, 0.1) is 0 Å². The molecule has 0 radical (unpaired) electrons. The van der Waals surface area contributed by atoms with Crippen LogP contribution in [0.2, 0.25) is 0 Å². The fraction of sp³-hybridized carbons (Fsp3) is 0.833. The third-order valence-corrected chi connectivity index (χ3v) is 3.17. The lowest BCUT2D eigenvalue weighted by Crippen LogP contribution is -2.45. The zero-order valence-corrected chi connectivity index (χ0v) is 10.2. The van der Waals surface area contributed by atoms with Crippen LogP contribution in [-0.4, -0.2) is 55.1 Å². The Morgan fingerprint density at radius 2 is 1.94 bits per heavy atom. The quantitative estimate of drug-likeness (QED) is 0.514. The molecule has 2 heterocycles. The van der Waals surface area contributed by atoms with Crippen LogP contribution in [0.4, 0.5) is 0 Å². The molecule has 0 aromatic rings. The Labute approximate surface area is 101 Å². The summed E-state index contributed by atoms with van der Waals surface area (Å²) in [4.78, 5) is 24.9. The maximum absolute atomic E-state index is 11.6. The first-order chi connectivity index (χ1) is 8.17. The number of fused-ring (bicyclic) bond motifs is 2. The minimum Gasteiger partial charge on any atom is -0.466 e. The first-order valence-electron chi connectivity index (χ1n) is 6.22. The van der Waals surface area contributed by atoms with E-state index in [1.807, 2.05) is 0 Å². The van der Waals surface area contributed by atoms with Gasteiger partial charge >= 0.3 is 5.97 Å². The molecule has 2 unspecified atom stereocenters. The van der Waals surface area contributed by atoms with Gasteiger partial charge in [-0.05, 0) is 19.8 Å². The number of morpholine rings is 1. The Bertz CT molecular complexity index is 293. The number of carbonyl (C=O) groups excluding carboxylic acids is 2. The van der Waals surface area contributed by atoms with Crippen LogP contribution < -0.4 is 0 Å². The summed E-state index contributed by atoms with van der Waals surface area (Å²) >= 11 is 0. The molecule has 5 nitrogen and oxygen atoms in total. The number of esters is 1. The molecule has 2 fully saturated rings. The highest BCUT2D eigenvalue weighted by atomic mass is 16.5. The zero-order valence-electron chi connectivity index (χ0n) is 10.2. The van der Waals surface area contributed by atoms with Crippen LogP contribution in [0.3, 0.4) is 0 Å². The molecule has 0 aromatic carbocycles. The molecule has 0 N–H and O–H groups in total. The van der Waals surface area contributed by atoms with E-state index in [1.165, 1.54) is 0 Å². The van der Waals surface area contributed by atoms with Gasteiger partial charge in [-0.15, -0.1) is 0 Å². The normalized spacial score (nSPS) is 28.1. The molecule has 2 aliphatic heterocycles. The van der Waals surface area contributed by atoms with Gasteiger partial charge in [0.15, 0.2) is 5.78 Å². The maximum atomic E-state index is 11.6.